The summed E-state index contributed by atoms with van der Waals surface area (Å²) >= 11 is 0. The molecule has 1 N–H and O–H groups in total. The van der Waals surface area contributed by atoms with Crippen LogP contribution < -0.4 is 5.32 Å². The van der Waals surface area contributed by atoms with Crippen molar-refractivity contribution >= 4 is 5.91 Å². The molecule has 1 amide bonds. The van der Waals surface area contributed by atoms with Gasteiger partial charge < -0.3 is 10.2 Å². The van der Waals surface area contributed by atoms with E-state index in [-0.39, 0.29) is 17.2 Å². The van der Waals surface area contributed by atoms with Crippen molar-refractivity contribution < 1.29 is 4.79 Å². The normalized spacial score (nSPS) is 23.9. The Hall–Kier alpha value is -0.570. The first-order valence-corrected chi connectivity index (χ1v) is 5.35. The summed E-state index contributed by atoms with van der Waals surface area (Å²) in [6.45, 7) is 9.13. The molecule has 1 aliphatic rings. The van der Waals surface area contributed by atoms with Crippen LogP contribution in [-0.2, 0) is 4.79 Å². The highest BCUT2D eigenvalue weighted by molar-refractivity contribution is 5.79. The van der Waals surface area contributed by atoms with E-state index in [1.165, 1.54) is 0 Å². The summed E-state index contributed by atoms with van der Waals surface area (Å²) in [4.78, 5) is 13.9. The molecule has 1 fully saturated rings. The van der Waals surface area contributed by atoms with Crippen LogP contribution in [0.25, 0.3) is 0 Å². The molecule has 0 saturated carbocycles. The van der Waals surface area contributed by atoms with E-state index < -0.39 is 0 Å². The van der Waals surface area contributed by atoms with Crippen LogP contribution in [0.2, 0.25) is 0 Å². The fourth-order valence-corrected chi connectivity index (χ4v) is 1.65. The van der Waals surface area contributed by atoms with Crippen molar-refractivity contribution in [1.82, 2.24) is 10.2 Å². The van der Waals surface area contributed by atoms with E-state index in [9.17, 15) is 4.79 Å². The van der Waals surface area contributed by atoms with E-state index in [0.717, 1.165) is 26.1 Å². The highest BCUT2D eigenvalue weighted by Crippen LogP contribution is 2.15. The summed E-state index contributed by atoms with van der Waals surface area (Å²) < 4.78 is 0. The predicted octanol–water partition coefficient (Wildman–Crippen LogP) is 1.10. The molecule has 0 bridgehead atoms. The van der Waals surface area contributed by atoms with Gasteiger partial charge in [-0.2, -0.15) is 0 Å². The zero-order valence-corrected chi connectivity index (χ0v) is 9.76. The van der Waals surface area contributed by atoms with Gasteiger partial charge in [0.05, 0.1) is 5.92 Å². The number of rotatable bonds is 2. The van der Waals surface area contributed by atoms with Crippen LogP contribution in [0, 0.1) is 11.3 Å². The van der Waals surface area contributed by atoms with Crippen LogP contribution in [0.1, 0.15) is 27.2 Å². The molecule has 0 aliphatic carbocycles. The van der Waals surface area contributed by atoms with E-state index in [2.05, 4.69) is 38.0 Å². The van der Waals surface area contributed by atoms with Gasteiger partial charge in [0.1, 0.15) is 0 Å². The Morgan fingerprint density at radius 1 is 1.50 bits per heavy atom. The maximum Gasteiger partial charge on any atom is 0.224 e. The lowest BCUT2D eigenvalue weighted by atomic mass is 9.96. The summed E-state index contributed by atoms with van der Waals surface area (Å²) in [5.41, 5.74) is 0.181. The van der Waals surface area contributed by atoms with Crippen molar-refractivity contribution in [1.29, 1.82) is 0 Å². The minimum atomic E-state index is 0.181. The zero-order valence-electron chi connectivity index (χ0n) is 9.76. The third kappa shape index (κ3) is 3.66. The molecule has 1 rings (SSSR count). The standard InChI is InChI=1S/C11H22N2O/c1-11(2,3)8-12-10(14)9-5-6-13(4)7-9/h9H,5-8H2,1-4H3,(H,12,14). The molecule has 1 heterocycles. The molecule has 0 aromatic heterocycles. The summed E-state index contributed by atoms with van der Waals surface area (Å²) in [7, 11) is 2.07. The van der Waals surface area contributed by atoms with Gasteiger partial charge >= 0.3 is 0 Å². The Bertz CT molecular complexity index is 208. The molecule has 1 unspecified atom stereocenters. The topological polar surface area (TPSA) is 32.3 Å². The van der Waals surface area contributed by atoms with Crippen molar-refractivity contribution in [3.8, 4) is 0 Å². The molecule has 1 atom stereocenters. The first-order chi connectivity index (χ1) is 6.38. The van der Waals surface area contributed by atoms with Gasteiger partial charge in [0.25, 0.3) is 0 Å². The maximum atomic E-state index is 11.7. The van der Waals surface area contributed by atoms with E-state index in [0.29, 0.717) is 0 Å². The van der Waals surface area contributed by atoms with Crippen molar-refractivity contribution in [2.24, 2.45) is 11.3 Å². The molecule has 82 valence electrons. The number of carbonyl (C=O) groups excluding carboxylic acids is 1. The number of amides is 1. The summed E-state index contributed by atoms with van der Waals surface area (Å²) in [6, 6.07) is 0. The highest BCUT2D eigenvalue weighted by atomic mass is 16.1. The lowest BCUT2D eigenvalue weighted by Crippen LogP contribution is -2.37. The zero-order chi connectivity index (χ0) is 10.8. The Labute approximate surface area is 86.9 Å². The average molecular weight is 198 g/mol. The molecule has 1 aliphatic heterocycles. The first-order valence-electron chi connectivity index (χ1n) is 5.35. The molecular formula is C11H22N2O. The molecule has 0 spiro atoms. The number of nitrogens with zero attached hydrogens (tertiary/aromatic N) is 1. The van der Waals surface area contributed by atoms with E-state index in [1.54, 1.807) is 0 Å². The number of hydrogen-bond donors (Lipinski definition) is 1. The van der Waals surface area contributed by atoms with Crippen molar-refractivity contribution in [2.45, 2.75) is 27.2 Å². The fraction of sp³-hybridized carbons (Fsp3) is 0.909. The second-order valence-corrected chi connectivity index (χ2v) is 5.53. The lowest BCUT2D eigenvalue weighted by molar-refractivity contribution is -0.125. The molecule has 3 nitrogen and oxygen atoms in total. The Balaban J connectivity index is 2.29. The van der Waals surface area contributed by atoms with Crippen LogP contribution in [0.4, 0.5) is 0 Å². The van der Waals surface area contributed by atoms with Crippen molar-refractivity contribution in [3.05, 3.63) is 0 Å². The lowest BCUT2D eigenvalue weighted by Gasteiger charge is -2.20. The summed E-state index contributed by atoms with van der Waals surface area (Å²) in [6.07, 6.45) is 1.01. The number of likely N-dealkylation sites (tertiary alicyclic amines) is 1. The van der Waals surface area contributed by atoms with Crippen LogP contribution in [0.5, 0.6) is 0 Å². The van der Waals surface area contributed by atoms with E-state index in [1.807, 2.05) is 0 Å². The molecule has 1 saturated heterocycles. The monoisotopic (exact) mass is 198 g/mol. The third-order valence-corrected chi connectivity index (χ3v) is 2.56. The van der Waals surface area contributed by atoms with E-state index in [4.69, 9.17) is 0 Å². The maximum absolute atomic E-state index is 11.7. The van der Waals surface area contributed by atoms with Crippen molar-refractivity contribution in [2.75, 3.05) is 26.7 Å². The van der Waals surface area contributed by atoms with Gasteiger partial charge in [-0.05, 0) is 25.4 Å². The largest absolute Gasteiger partial charge is 0.355 e. The minimum absolute atomic E-state index is 0.181. The Kier molecular flexibility index (Phi) is 3.53. The SMILES string of the molecule is CN1CCC(C(=O)NCC(C)(C)C)C1. The second-order valence-electron chi connectivity index (χ2n) is 5.53. The van der Waals surface area contributed by atoms with Gasteiger partial charge in [0.2, 0.25) is 5.91 Å². The summed E-state index contributed by atoms with van der Waals surface area (Å²) in [5, 5.41) is 3.02. The first kappa shape index (κ1) is 11.5. The molecule has 14 heavy (non-hydrogen) atoms. The van der Waals surface area contributed by atoms with Crippen LogP contribution in [0.15, 0.2) is 0 Å². The van der Waals surface area contributed by atoms with Crippen molar-refractivity contribution in [3.63, 3.8) is 0 Å². The van der Waals surface area contributed by atoms with E-state index >= 15 is 0 Å². The number of nitrogens with one attached hydrogen (secondary N) is 1. The van der Waals surface area contributed by atoms with Gasteiger partial charge in [-0.1, -0.05) is 20.8 Å². The molecule has 0 aromatic rings. The number of hydrogen-bond acceptors (Lipinski definition) is 2. The minimum Gasteiger partial charge on any atom is -0.355 e. The van der Waals surface area contributed by atoms with Gasteiger partial charge in [-0.15, -0.1) is 0 Å². The molecule has 3 heteroatoms. The molecule has 0 aromatic carbocycles. The Morgan fingerprint density at radius 3 is 2.57 bits per heavy atom. The van der Waals surface area contributed by atoms with Gasteiger partial charge in [-0.25, -0.2) is 0 Å². The molecular weight excluding hydrogens is 176 g/mol. The second kappa shape index (κ2) is 4.30. The quantitative estimate of drug-likeness (QED) is 0.720. The van der Waals surface area contributed by atoms with Crippen LogP contribution >= 0.6 is 0 Å². The van der Waals surface area contributed by atoms with Crippen LogP contribution in [-0.4, -0.2) is 37.5 Å². The van der Waals surface area contributed by atoms with Gasteiger partial charge in [-0.3, -0.25) is 4.79 Å². The molecule has 0 radical (unpaired) electrons. The Morgan fingerprint density at radius 2 is 2.14 bits per heavy atom. The fourth-order valence-electron chi connectivity index (χ4n) is 1.65. The highest BCUT2D eigenvalue weighted by Gasteiger charge is 2.26. The number of carbonyl (C=O) groups is 1. The third-order valence-electron chi connectivity index (χ3n) is 2.56. The van der Waals surface area contributed by atoms with Gasteiger partial charge in [0.15, 0.2) is 0 Å². The van der Waals surface area contributed by atoms with Gasteiger partial charge in [0, 0.05) is 13.1 Å². The predicted molar refractivity (Wildman–Crippen MR) is 58.1 cm³/mol. The summed E-state index contributed by atoms with van der Waals surface area (Å²) in [5.74, 6) is 0.437. The average Bonchev–Trinajstić information content (AvgIpc) is 2.46. The smallest absolute Gasteiger partial charge is 0.224 e. The van der Waals surface area contributed by atoms with Crippen LogP contribution in [0.3, 0.4) is 0 Å².